The standard InChI is InChI=1S/C24H25F2N5O4S/c1-23(2,32)14-30-12-17(10-28-30)15-3-4-21-20(11-29-31(21)13-15)16-7-18(9-19(8-16)35-22(25)26)24(5-6-24)36(27,33)34/h3-4,7-13,22,32H,5-6,14H2,1-2H3,(H2,27,33,34). The van der Waals surface area contributed by atoms with Crippen molar-refractivity contribution in [1.29, 1.82) is 0 Å². The minimum atomic E-state index is -3.95. The molecule has 1 aliphatic rings. The summed E-state index contributed by atoms with van der Waals surface area (Å²) in [6.45, 7) is 0.668. The molecule has 1 aromatic carbocycles. The molecule has 190 valence electrons. The van der Waals surface area contributed by atoms with Crippen LogP contribution in [0.2, 0.25) is 0 Å². The SMILES string of the molecule is CC(C)(O)Cn1cc(-c2ccc3c(-c4cc(OC(F)F)cc(C5(S(N)(=O)=O)CC5)c4)cnn3c2)cn1. The van der Waals surface area contributed by atoms with Gasteiger partial charge < -0.3 is 9.84 Å². The summed E-state index contributed by atoms with van der Waals surface area (Å²) >= 11 is 0. The van der Waals surface area contributed by atoms with Gasteiger partial charge in [-0.1, -0.05) is 6.07 Å². The Bertz CT molecular complexity index is 1550. The third kappa shape index (κ3) is 4.59. The minimum absolute atomic E-state index is 0.150. The molecule has 1 aliphatic carbocycles. The van der Waals surface area contributed by atoms with Crippen LogP contribution < -0.4 is 9.88 Å². The number of alkyl halides is 2. The molecule has 0 saturated heterocycles. The van der Waals surface area contributed by atoms with Crippen LogP contribution in [0.25, 0.3) is 27.8 Å². The van der Waals surface area contributed by atoms with Gasteiger partial charge in [0, 0.05) is 29.1 Å². The van der Waals surface area contributed by atoms with Crippen LogP contribution in [0.3, 0.4) is 0 Å². The third-order valence-corrected chi connectivity index (χ3v) is 7.98. The molecule has 3 aromatic heterocycles. The largest absolute Gasteiger partial charge is 0.435 e. The van der Waals surface area contributed by atoms with Gasteiger partial charge in [-0.3, -0.25) is 4.68 Å². The van der Waals surface area contributed by atoms with Gasteiger partial charge in [-0.05, 0) is 62.1 Å². The molecule has 1 fully saturated rings. The lowest BCUT2D eigenvalue weighted by Gasteiger charge is -2.16. The number of nitrogens with zero attached hydrogens (tertiary/aromatic N) is 4. The summed E-state index contributed by atoms with van der Waals surface area (Å²) in [6, 6.07) is 8.08. The van der Waals surface area contributed by atoms with Gasteiger partial charge in [0.1, 0.15) is 10.5 Å². The number of ether oxygens (including phenoxy) is 1. The van der Waals surface area contributed by atoms with E-state index in [1.807, 2.05) is 18.3 Å². The van der Waals surface area contributed by atoms with Crippen LogP contribution >= 0.6 is 0 Å². The highest BCUT2D eigenvalue weighted by atomic mass is 32.2. The monoisotopic (exact) mass is 517 g/mol. The molecular formula is C24H25F2N5O4S. The number of benzene rings is 1. The second-order valence-electron chi connectivity index (χ2n) is 9.71. The van der Waals surface area contributed by atoms with E-state index in [2.05, 4.69) is 14.9 Å². The van der Waals surface area contributed by atoms with E-state index in [0.717, 1.165) is 11.1 Å². The van der Waals surface area contributed by atoms with Gasteiger partial charge >= 0.3 is 6.61 Å². The number of fused-ring (bicyclic) bond motifs is 1. The van der Waals surface area contributed by atoms with Crippen LogP contribution in [0.15, 0.2) is 55.1 Å². The number of nitrogens with two attached hydrogens (primary N) is 1. The van der Waals surface area contributed by atoms with E-state index in [1.165, 1.54) is 12.1 Å². The molecule has 1 saturated carbocycles. The Morgan fingerprint density at radius 2 is 1.86 bits per heavy atom. The van der Waals surface area contributed by atoms with Crippen molar-refractivity contribution in [3.05, 3.63) is 60.7 Å². The zero-order chi connectivity index (χ0) is 25.9. The lowest BCUT2D eigenvalue weighted by atomic mass is 10.0. The normalized spacial score (nSPS) is 15.5. The zero-order valence-electron chi connectivity index (χ0n) is 19.6. The van der Waals surface area contributed by atoms with E-state index in [0.29, 0.717) is 41.6 Å². The zero-order valence-corrected chi connectivity index (χ0v) is 20.4. The van der Waals surface area contributed by atoms with Crippen LogP contribution in [-0.2, 0) is 21.3 Å². The van der Waals surface area contributed by atoms with Gasteiger partial charge in [-0.25, -0.2) is 18.1 Å². The number of rotatable bonds is 8. The maximum absolute atomic E-state index is 13.0. The summed E-state index contributed by atoms with van der Waals surface area (Å²) in [5, 5.41) is 24.2. The highest BCUT2D eigenvalue weighted by molar-refractivity contribution is 7.90. The molecule has 3 N–H and O–H groups in total. The van der Waals surface area contributed by atoms with Crippen LogP contribution in [0, 0.1) is 0 Å². The molecule has 0 bridgehead atoms. The number of sulfonamides is 1. The number of aromatic nitrogens is 4. The van der Waals surface area contributed by atoms with Crippen LogP contribution in [0.4, 0.5) is 8.78 Å². The summed E-state index contributed by atoms with van der Waals surface area (Å²) in [5.41, 5.74) is 2.85. The molecule has 0 spiro atoms. The smallest absolute Gasteiger partial charge is 0.387 e. The summed E-state index contributed by atoms with van der Waals surface area (Å²) < 4.78 is 57.2. The number of aliphatic hydroxyl groups is 1. The second kappa shape index (κ2) is 8.36. The molecule has 12 heteroatoms. The Balaban J connectivity index is 1.54. The minimum Gasteiger partial charge on any atom is -0.435 e. The second-order valence-corrected chi connectivity index (χ2v) is 11.6. The Morgan fingerprint density at radius 1 is 1.11 bits per heavy atom. The summed E-state index contributed by atoms with van der Waals surface area (Å²) in [7, 11) is -3.95. The van der Waals surface area contributed by atoms with Crippen LogP contribution in [0.5, 0.6) is 5.75 Å². The Labute approximate surface area is 206 Å². The first-order chi connectivity index (χ1) is 16.8. The van der Waals surface area contributed by atoms with E-state index in [-0.39, 0.29) is 5.75 Å². The lowest BCUT2D eigenvalue weighted by molar-refractivity contribution is -0.0498. The fraction of sp³-hybridized carbons (Fsp3) is 0.333. The van der Waals surface area contributed by atoms with E-state index in [4.69, 9.17) is 5.14 Å². The Hall–Kier alpha value is -3.35. The van der Waals surface area contributed by atoms with Crippen molar-refractivity contribution >= 4 is 15.5 Å². The van der Waals surface area contributed by atoms with Gasteiger partial charge in [-0.15, -0.1) is 0 Å². The summed E-state index contributed by atoms with van der Waals surface area (Å²) in [5.74, 6) is -0.150. The van der Waals surface area contributed by atoms with Gasteiger partial charge in [0.05, 0.1) is 30.1 Å². The van der Waals surface area contributed by atoms with Gasteiger partial charge in [0.2, 0.25) is 10.0 Å². The van der Waals surface area contributed by atoms with E-state index >= 15 is 0 Å². The molecule has 36 heavy (non-hydrogen) atoms. The van der Waals surface area contributed by atoms with Crippen molar-refractivity contribution in [1.82, 2.24) is 19.4 Å². The number of primary sulfonamides is 1. The van der Waals surface area contributed by atoms with E-state index in [9.17, 15) is 22.3 Å². The average Bonchev–Trinajstić information content (AvgIpc) is 3.31. The molecule has 4 aromatic rings. The fourth-order valence-electron chi connectivity index (χ4n) is 4.41. The molecule has 0 atom stereocenters. The molecule has 3 heterocycles. The fourth-order valence-corrected chi connectivity index (χ4v) is 5.53. The molecule has 0 aliphatic heterocycles. The van der Waals surface area contributed by atoms with E-state index in [1.54, 1.807) is 47.7 Å². The molecule has 9 nitrogen and oxygen atoms in total. The number of hydrogen-bond acceptors (Lipinski definition) is 6. The predicted octanol–water partition coefficient (Wildman–Crippen LogP) is 3.51. The first-order valence-corrected chi connectivity index (χ1v) is 12.8. The average molecular weight is 518 g/mol. The van der Waals surface area contributed by atoms with Crippen molar-refractivity contribution in [2.75, 3.05) is 0 Å². The molecule has 0 unspecified atom stereocenters. The van der Waals surface area contributed by atoms with Crippen LogP contribution in [0.1, 0.15) is 32.3 Å². The molecular weight excluding hydrogens is 492 g/mol. The molecule has 5 rings (SSSR count). The predicted molar refractivity (Wildman–Crippen MR) is 129 cm³/mol. The summed E-state index contributed by atoms with van der Waals surface area (Å²) in [4.78, 5) is 0. The highest BCUT2D eigenvalue weighted by Gasteiger charge is 2.54. The van der Waals surface area contributed by atoms with Crippen molar-refractivity contribution in [2.24, 2.45) is 5.14 Å². The van der Waals surface area contributed by atoms with Gasteiger partial charge in [-0.2, -0.15) is 19.0 Å². The first-order valence-electron chi connectivity index (χ1n) is 11.2. The molecule has 0 radical (unpaired) electrons. The first kappa shape index (κ1) is 24.3. The van der Waals surface area contributed by atoms with Gasteiger partial charge in [0.25, 0.3) is 0 Å². The van der Waals surface area contributed by atoms with Crippen molar-refractivity contribution < 1.29 is 27.0 Å². The lowest BCUT2D eigenvalue weighted by Crippen LogP contribution is -2.28. The van der Waals surface area contributed by atoms with Crippen LogP contribution in [-0.4, -0.2) is 45.1 Å². The van der Waals surface area contributed by atoms with Crippen molar-refractivity contribution in [3.63, 3.8) is 0 Å². The highest BCUT2D eigenvalue weighted by Crippen LogP contribution is 2.53. The Kier molecular flexibility index (Phi) is 5.65. The number of hydrogen-bond donors (Lipinski definition) is 2. The number of pyridine rings is 1. The topological polar surface area (TPSA) is 125 Å². The van der Waals surface area contributed by atoms with Crippen molar-refractivity contribution in [2.45, 2.75) is 50.2 Å². The van der Waals surface area contributed by atoms with Crippen molar-refractivity contribution in [3.8, 4) is 28.0 Å². The Morgan fingerprint density at radius 3 is 2.50 bits per heavy atom. The summed E-state index contributed by atoms with van der Waals surface area (Å²) in [6.07, 6.45) is 7.52. The quantitative estimate of drug-likeness (QED) is 0.369. The number of halogens is 2. The van der Waals surface area contributed by atoms with Gasteiger partial charge in [0.15, 0.2) is 0 Å². The maximum Gasteiger partial charge on any atom is 0.387 e. The van der Waals surface area contributed by atoms with E-state index < -0.39 is 27.0 Å². The third-order valence-electron chi connectivity index (χ3n) is 6.25. The molecule has 0 amide bonds. The maximum atomic E-state index is 13.0.